The number of fused-ring (bicyclic) bond motifs is 3. The molecule has 1 atom stereocenters. The molecule has 37 heavy (non-hydrogen) atoms. The lowest BCUT2D eigenvalue weighted by Gasteiger charge is -2.21. The number of benzene rings is 1. The van der Waals surface area contributed by atoms with E-state index in [2.05, 4.69) is 32.8 Å². The number of aryl methyl sites for hydroxylation is 1. The van der Waals surface area contributed by atoms with Crippen LogP contribution in [0.4, 0.5) is 11.6 Å². The summed E-state index contributed by atoms with van der Waals surface area (Å²) in [6.45, 7) is 2.69. The number of hydrogen-bond donors (Lipinski definition) is 3. The summed E-state index contributed by atoms with van der Waals surface area (Å²) in [5, 5.41) is 21.6. The third-order valence-electron chi connectivity index (χ3n) is 6.68. The third kappa shape index (κ3) is 4.87. The van der Waals surface area contributed by atoms with E-state index >= 15 is 0 Å². The molecule has 2 aliphatic rings. The lowest BCUT2D eigenvalue weighted by molar-refractivity contribution is -0.137. The van der Waals surface area contributed by atoms with Gasteiger partial charge in [-0.25, -0.2) is 9.97 Å². The van der Waals surface area contributed by atoms with Gasteiger partial charge in [0, 0.05) is 24.0 Å². The van der Waals surface area contributed by atoms with Crippen molar-refractivity contribution in [1.82, 2.24) is 19.7 Å². The Bertz CT molecular complexity index is 1450. The summed E-state index contributed by atoms with van der Waals surface area (Å²) in [5.41, 5.74) is 3.69. The first kappa shape index (κ1) is 23.1. The number of nitrogens with zero attached hydrogens (tertiary/aromatic N) is 4. The molecule has 1 unspecified atom stereocenters. The molecule has 0 amide bonds. The zero-order chi connectivity index (χ0) is 25.2. The van der Waals surface area contributed by atoms with E-state index in [1.807, 2.05) is 24.3 Å². The van der Waals surface area contributed by atoms with E-state index in [9.17, 15) is 9.90 Å². The minimum Gasteiger partial charge on any atom is -0.493 e. The van der Waals surface area contributed by atoms with Crippen LogP contribution in [-0.4, -0.2) is 57.1 Å². The highest BCUT2D eigenvalue weighted by Gasteiger charge is 2.24. The van der Waals surface area contributed by atoms with Crippen molar-refractivity contribution < 1.29 is 19.4 Å². The van der Waals surface area contributed by atoms with E-state index in [1.165, 1.54) is 5.56 Å². The van der Waals surface area contributed by atoms with Gasteiger partial charge in [-0.3, -0.25) is 9.48 Å². The highest BCUT2D eigenvalue weighted by atomic mass is 16.5. The maximum atomic E-state index is 11.7. The first-order valence-electron chi connectivity index (χ1n) is 12.6. The maximum Gasteiger partial charge on any atom is 0.305 e. The lowest BCUT2D eigenvalue weighted by atomic mass is 10.1. The minimum atomic E-state index is -0.927. The number of carboxylic acid groups (broad SMARTS) is 1. The van der Waals surface area contributed by atoms with Crippen LogP contribution in [0.1, 0.15) is 35.8 Å². The number of pyridine rings is 2. The molecule has 0 saturated heterocycles. The van der Waals surface area contributed by atoms with Crippen molar-refractivity contribution >= 4 is 28.5 Å². The van der Waals surface area contributed by atoms with Gasteiger partial charge in [-0.15, -0.1) is 0 Å². The highest BCUT2D eigenvalue weighted by Crippen LogP contribution is 2.32. The second-order valence-electron chi connectivity index (χ2n) is 9.22. The smallest absolute Gasteiger partial charge is 0.305 e. The van der Waals surface area contributed by atoms with Crippen molar-refractivity contribution in [3.63, 3.8) is 0 Å². The lowest BCUT2D eigenvalue weighted by Crippen LogP contribution is -2.22. The Morgan fingerprint density at radius 2 is 2.03 bits per heavy atom. The Morgan fingerprint density at radius 1 is 1.11 bits per heavy atom. The molecule has 4 aromatic rings. The van der Waals surface area contributed by atoms with Crippen LogP contribution >= 0.6 is 0 Å². The van der Waals surface area contributed by atoms with Crippen molar-refractivity contribution in [2.75, 3.05) is 36.9 Å². The van der Waals surface area contributed by atoms with Crippen LogP contribution in [0.3, 0.4) is 0 Å². The number of rotatable bonds is 8. The van der Waals surface area contributed by atoms with Gasteiger partial charge in [0.1, 0.15) is 24.2 Å². The predicted molar refractivity (Wildman–Crippen MR) is 139 cm³/mol. The fourth-order valence-corrected chi connectivity index (χ4v) is 4.85. The van der Waals surface area contributed by atoms with Crippen molar-refractivity contribution in [2.24, 2.45) is 0 Å². The zero-order valence-electron chi connectivity index (χ0n) is 20.3. The van der Waals surface area contributed by atoms with E-state index < -0.39 is 12.0 Å². The molecule has 1 aromatic carbocycles. The van der Waals surface area contributed by atoms with Gasteiger partial charge in [-0.1, -0.05) is 6.07 Å². The summed E-state index contributed by atoms with van der Waals surface area (Å²) < 4.78 is 13.3. The van der Waals surface area contributed by atoms with Crippen LogP contribution in [0, 0.1) is 0 Å². The van der Waals surface area contributed by atoms with Gasteiger partial charge in [0.05, 0.1) is 37.0 Å². The number of nitrogens with one attached hydrogen (secondary N) is 2. The summed E-state index contributed by atoms with van der Waals surface area (Å²) in [6, 6.07) is 13.0. The van der Waals surface area contributed by atoms with E-state index in [1.54, 1.807) is 16.9 Å². The molecule has 3 aromatic heterocycles. The number of aromatic nitrogens is 4. The topological polar surface area (TPSA) is 123 Å². The average molecular weight is 501 g/mol. The molecule has 0 spiro atoms. The first-order valence-corrected chi connectivity index (χ1v) is 12.6. The molecule has 5 heterocycles. The second-order valence-corrected chi connectivity index (χ2v) is 9.22. The Kier molecular flexibility index (Phi) is 6.21. The summed E-state index contributed by atoms with van der Waals surface area (Å²) >= 11 is 0. The largest absolute Gasteiger partial charge is 0.493 e. The normalized spacial score (nSPS) is 15.0. The van der Waals surface area contributed by atoms with E-state index in [-0.39, 0.29) is 6.42 Å². The number of carbonyl (C=O) groups is 1. The standard InChI is InChI=1S/C27H28N6O4/c34-25(35)15-23(21-6-8-24-27(32-21)29-11-13-37-24)33-22-7-5-20(14-18(22)16-30-33)36-12-9-19-4-3-17-2-1-10-28-26(17)31-19/h3-8,14,16,23H,1-2,9-13,15H2,(H,28,31)(H,29,32)(H,34,35). The van der Waals surface area contributed by atoms with Crippen molar-refractivity contribution in [3.8, 4) is 11.5 Å². The minimum absolute atomic E-state index is 0.149. The number of hydrogen-bond acceptors (Lipinski definition) is 8. The number of carboxylic acids is 1. The highest BCUT2D eigenvalue weighted by molar-refractivity contribution is 5.81. The van der Waals surface area contributed by atoms with Crippen LogP contribution in [0.15, 0.2) is 48.7 Å². The van der Waals surface area contributed by atoms with Crippen molar-refractivity contribution in [1.29, 1.82) is 0 Å². The molecule has 6 rings (SSSR count). The number of aliphatic carboxylic acids is 1. The van der Waals surface area contributed by atoms with Crippen LogP contribution in [0.2, 0.25) is 0 Å². The second kappa shape index (κ2) is 9.96. The van der Waals surface area contributed by atoms with E-state index in [0.717, 1.165) is 47.6 Å². The Hall–Kier alpha value is -4.34. The van der Waals surface area contributed by atoms with Gasteiger partial charge >= 0.3 is 5.97 Å². The van der Waals surface area contributed by atoms with Gasteiger partial charge in [0.15, 0.2) is 11.6 Å². The summed E-state index contributed by atoms with van der Waals surface area (Å²) in [4.78, 5) is 21.1. The van der Waals surface area contributed by atoms with Crippen molar-refractivity contribution in [3.05, 3.63) is 65.6 Å². The van der Waals surface area contributed by atoms with Gasteiger partial charge in [0.25, 0.3) is 0 Å². The molecule has 3 N–H and O–H groups in total. The number of ether oxygens (including phenoxy) is 2. The molecule has 10 nitrogen and oxygen atoms in total. The molecule has 0 aliphatic carbocycles. The zero-order valence-corrected chi connectivity index (χ0v) is 20.3. The molecular formula is C27H28N6O4. The fraction of sp³-hybridized carbons (Fsp3) is 0.333. The Morgan fingerprint density at radius 3 is 2.95 bits per heavy atom. The van der Waals surface area contributed by atoms with E-state index in [0.29, 0.717) is 43.4 Å². The summed E-state index contributed by atoms with van der Waals surface area (Å²) in [7, 11) is 0. The Labute approximate surface area is 213 Å². The SMILES string of the molecule is O=C(O)CC(c1ccc2c(n1)NCCO2)n1ncc2cc(OCCc3ccc4c(n3)NCCC4)ccc21. The fourth-order valence-electron chi connectivity index (χ4n) is 4.85. The molecule has 190 valence electrons. The van der Waals surface area contributed by atoms with Gasteiger partial charge in [0.2, 0.25) is 0 Å². The van der Waals surface area contributed by atoms with Crippen LogP contribution in [-0.2, 0) is 17.6 Å². The molecular weight excluding hydrogens is 472 g/mol. The molecule has 0 saturated carbocycles. The summed E-state index contributed by atoms with van der Waals surface area (Å²) in [6.07, 6.45) is 4.50. The van der Waals surface area contributed by atoms with Crippen molar-refractivity contribution in [2.45, 2.75) is 31.7 Å². The van der Waals surface area contributed by atoms with Crippen LogP contribution in [0.5, 0.6) is 11.5 Å². The monoisotopic (exact) mass is 500 g/mol. The van der Waals surface area contributed by atoms with E-state index in [4.69, 9.17) is 14.5 Å². The molecule has 0 bridgehead atoms. The van der Waals surface area contributed by atoms with Gasteiger partial charge in [-0.2, -0.15) is 5.10 Å². The van der Waals surface area contributed by atoms with Gasteiger partial charge < -0.3 is 25.2 Å². The molecule has 0 radical (unpaired) electrons. The van der Waals surface area contributed by atoms with Crippen LogP contribution < -0.4 is 20.1 Å². The third-order valence-corrected chi connectivity index (χ3v) is 6.68. The average Bonchev–Trinajstić information content (AvgIpc) is 3.34. The molecule has 10 heteroatoms. The molecule has 2 aliphatic heterocycles. The summed E-state index contributed by atoms with van der Waals surface area (Å²) in [5.74, 6) is 2.08. The Balaban J connectivity index is 1.19. The maximum absolute atomic E-state index is 11.7. The first-order chi connectivity index (χ1) is 18.1. The molecule has 0 fully saturated rings. The van der Waals surface area contributed by atoms with Gasteiger partial charge in [-0.05, 0) is 54.8 Å². The van der Waals surface area contributed by atoms with Crippen LogP contribution in [0.25, 0.3) is 10.9 Å². The quantitative estimate of drug-likeness (QED) is 0.332. The number of anilines is 2. The predicted octanol–water partition coefficient (Wildman–Crippen LogP) is 3.67.